The van der Waals surface area contributed by atoms with Crippen LogP contribution in [0.4, 0.5) is 11.4 Å². The number of benzene rings is 3. The first-order chi connectivity index (χ1) is 17.5. The Hall–Kier alpha value is -4.25. The Morgan fingerprint density at radius 3 is 2.30 bits per heavy atom. The maximum absolute atomic E-state index is 12.9. The van der Waals surface area contributed by atoms with Crippen molar-refractivity contribution in [2.75, 3.05) is 29.8 Å². The zero-order valence-electron chi connectivity index (χ0n) is 19.5. The number of carbonyl (C=O) groups excluding carboxylic acids is 2. The molecule has 0 fully saturated rings. The Kier molecular flexibility index (Phi) is 8.61. The van der Waals surface area contributed by atoms with Gasteiger partial charge in [0.05, 0.1) is 27.1 Å². The van der Waals surface area contributed by atoms with Gasteiger partial charge in [0.15, 0.2) is 6.61 Å². The van der Waals surface area contributed by atoms with E-state index in [0.717, 1.165) is 10.4 Å². The highest BCUT2D eigenvalue weighted by atomic mass is 32.2. The third-order valence-corrected chi connectivity index (χ3v) is 8.12. The summed E-state index contributed by atoms with van der Waals surface area (Å²) in [6.07, 6.45) is 0. The lowest BCUT2D eigenvalue weighted by Gasteiger charge is -2.19. The second kappa shape index (κ2) is 11.7. The molecule has 2 N–H and O–H groups in total. The SMILES string of the molecule is CN(c1ccccc1)S(=O)(=O)c1cccc(NC(=O)COC(=O)CNS(=O)(=O)c2cccc(C#N)c2)c1. The number of nitrogens with zero attached hydrogens (tertiary/aromatic N) is 2. The fourth-order valence-corrected chi connectivity index (χ4v) is 5.29. The summed E-state index contributed by atoms with van der Waals surface area (Å²) in [4.78, 5) is 23.9. The maximum atomic E-state index is 12.9. The predicted octanol–water partition coefficient (Wildman–Crippen LogP) is 1.84. The summed E-state index contributed by atoms with van der Waals surface area (Å²) >= 11 is 0. The minimum atomic E-state index is -4.08. The van der Waals surface area contributed by atoms with Gasteiger partial charge in [0.2, 0.25) is 10.0 Å². The van der Waals surface area contributed by atoms with Gasteiger partial charge in [0, 0.05) is 12.7 Å². The number of carbonyl (C=O) groups is 2. The van der Waals surface area contributed by atoms with Crippen LogP contribution in [0.3, 0.4) is 0 Å². The molecule has 37 heavy (non-hydrogen) atoms. The van der Waals surface area contributed by atoms with Gasteiger partial charge in [0.1, 0.15) is 6.54 Å². The molecule has 0 heterocycles. The summed E-state index contributed by atoms with van der Waals surface area (Å²) in [5, 5.41) is 11.3. The molecule has 0 saturated heterocycles. The zero-order valence-corrected chi connectivity index (χ0v) is 21.1. The topological polar surface area (TPSA) is 163 Å². The van der Waals surface area contributed by atoms with E-state index in [0.29, 0.717) is 5.69 Å². The van der Waals surface area contributed by atoms with Crippen molar-refractivity contribution in [1.29, 1.82) is 5.26 Å². The molecule has 0 saturated carbocycles. The number of rotatable bonds is 10. The minimum Gasteiger partial charge on any atom is -0.455 e. The molecule has 3 aromatic carbocycles. The molecule has 0 bridgehead atoms. The highest BCUT2D eigenvalue weighted by molar-refractivity contribution is 7.92. The molecule has 0 unspecified atom stereocenters. The normalized spacial score (nSPS) is 11.2. The molecule has 13 heteroatoms. The van der Waals surface area contributed by atoms with Gasteiger partial charge in [0.25, 0.3) is 15.9 Å². The van der Waals surface area contributed by atoms with Crippen LogP contribution in [0.2, 0.25) is 0 Å². The van der Waals surface area contributed by atoms with Gasteiger partial charge < -0.3 is 10.1 Å². The average molecular weight is 543 g/mol. The van der Waals surface area contributed by atoms with E-state index < -0.39 is 45.1 Å². The van der Waals surface area contributed by atoms with E-state index in [-0.39, 0.29) is 21.0 Å². The largest absolute Gasteiger partial charge is 0.455 e. The molecular formula is C24H22N4O7S2. The number of nitrogens with one attached hydrogen (secondary N) is 2. The molecular weight excluding hydrogens is 520 g/mol. The van der Waals surface area contributed by atoms with Gasteiger partial charge in [-0.25, -0.2) is 16.8 Å². The van der Waals surface area contributed by atoms with Crippen LogP contribution in [0.15, 0.2) is 88.7 Å². The molecule has 0 aromatic heterocycles. The molecule has 0 aliphatic heterocycles. The Morgan fingerprint density at radius 2 is 1.59 bits per heavy atom. The van der Waals surface area contributed by atoms with Gasteiger partial charge in [-0.1, -0.05) is 30.3 Å². The molecule has 192 valence electrons. The monoisotopic (exact) mass is 542 g/mol. The number of ether oxygens (including phenoxy) is 1. The van der Waals surface area contributed by atoms with Crippen LogP contribution in [0.25, 0.3) is 0 Å². The molecule has 0 aliphatic rings. The average Bonchev–Trinajstić information content (AvgIpc) is 2.91. The quantitative estimate of drug-likeness (QED) is 0.367. The highest BCUT2D eigenvalue weighted by Gasteiger charge is 2.22. The van der Waals surface area contributed by atoms with Crippen LogP contribution in [0.1, 0.15) is 5.56 Å². The van der Waals surface area contributed by atoms with Gasteiger partial charge >= 0.3 is 5.97 Å². The molecule has 11 nitrogen and oxygen atoms in total. The van der Waals surface area contributed by atoms with Gasteiger partial charge in [-0.05, 0) is 48.5 Å². The summed E-state index contributed by atoms with van der Waals surface area (Å²) in [6.45, 7) is -1.47. The van der Waals surface area contributed by atoms with Crippen LogP contribution >= 0.6 is 0 Å². The highest BCUT2D eigenvalue weighted by Crippen LogP contribution is 2.23. The number of anilines is 2. The van der Waals surface area contributed by atoms with Crippen LogP contribution in [-0.4, -0.2) is 48.9 Å². The lowest BCUT2D eigenvalue weighted by molar-refractivity contribution is -0.146. The number of nitriles is 1. The number of para-hydroxylation sites is 1. The van der Waals surface area contributed by atoms with Crippen molar-refractivity contribution in [2.45, 2.75) is 9.79 Å². The van der Waals surface area contributed by atoms with Crippen LogP contribution in [0, 0.1) is 11.3 Å². The fourth-order valence-electron chi connectivity index (χ4n) is 3.03. The molecule has 1 amide bonds. The van der Waals surface area contributed by atoms with Crippen molar-refractivity contribution in [1.82, 2.24) is 4.72 Å². The zero-order chi connectivity index (χ0) is 27.1. The number of hydrogen-bond donors (Lipinski definition) is 2. The van der Waals surface area contributed by atoms with E-state index in [1.54, 1.807) is 30.3 Å². The van der Waals surface area contributed by atoms with Crippen LogP contribution in [0.5, 0.6) is 0 Å². The van der Waals surface area contributed by atoms with E-state index in [1.807, 2.05) is 10.8 Å². The summed E-state index contributed by atoms with van der Waals surface area (Å²) in [5.41, 5.74) is 0.740. The standard InChI is InChI=1S/C24H22N4O7S2/c1-28(20-9-3-2-4-10-20)37(33,34)22-12-6-8-19(14-22)27-23(29)17-35-24(30)16-26-36(31,32)21-11-5-7-18(13-21)15-25/h2-14,26H,16-17H2,1H3,(H,27,29). The van der Waals surface area contributed by atoms with E-state index in [9.17, 15) is 26.4 Å². The summed E-state index contributed by atoms with van der Waals surface area (Å²) in [5.74, 6) is -1.78. The Morgan fingerprint density at radius 1 is 0.919 bits per heavy atom. The Labute approximate surface area is 214 Å². The second-order valence-electron chi connectivity index (χ2n) is 7.51. The number of amides is 1. The van der Waals surface area contributed by atoms with E-state index >= 15 is 0 Å². The fraction of sp³-hybridized carbons (Fsp3) is 0.125. The minimum absolute atomic E-state index is 0.0662. The number of sulfonamides is 2. The van der Waals surface area contributed by atoms with Crippen LogP contribution < -0.4 is 14.3 Å². The van der Waals surface area contributed by atoms with Crippen molar-refractivity contribution in [3.05, 3.63) is 84.4 Å². The summed E-state index contributed by atoms with van der Waals surface area (Å²) < 4.78 is 58.4. The number of esters is 1. The predicted molar refractivity (Wildman–Crippen MR) is 134 cm³/mol. The molecule has 0 spiro atoms. The lowest BCUT2D eigenvalue weighted by Crippen LogP contribution is -2.32. The number of hydrogen-bond acceptors (Lipinski definition) is 8. The lowest BCUT2D eigenvalue weighted by atomic mass is 10.2. The van der Waals surface area contributed by atoms with Crippen molar-refractivity contribution in [3.8, 4) is 6.07 Å². The van der Waals surface area contributed by atoms with Crippen molar-refractivity contribution < 1.29 is 31.2 Å². The Balaban J connectivity index is 1.55. The van der Waals surface area contributed by atoms with E-state index in [1.165, 1.54) is 49.5 Å². The first-order valence-electron chi connectivity index (χ1n) is 10.6. The van der Waals surface area contributed by atoms with E-state index in [2.05, 4.69) is 5.32 Å². The molecule has 3 aromatic rings. The first kappa shape index (κ1) is 27.3. The van der Waals surface area contributed by atoms with Gasteiger partial charge in [-0.2, -0.15) is 9.98 Å². The first-order valence-corrected chi connectivity index (χ1v) is 13.5. The van der Waals surface area contributed by atoms with E-state index in [4.69, 9.17) is 10.00 Å². The molecule has 0 aliphatic carbocycles. The Bertz CT molecular complexity index is 1550. The summed E-state index contributed by atoms with van der Waals surface area (Å²) in [6, 6.07) is 21.0. The van der Waals surface area contributed by atoms with Crippen molar-refractivity contribution in [3.63, 3.8) is 0 Å². The molecule has 3 rings (SSSR count). The van der Waals surface area contributed by atoms with Crippen molar-refractivity contribution >= 4 is 43.3 Å². The van der Waals surface area contributed by atoms with Gasteiger partial charge in [-0.3, -0.25) is 13.9 Å². The van der Waals surface area contributed by atoms with Crippen molar-refractivity contribution in [2.24, 2.45) is 0 Å². The molecule has 0 radical (unpaired) electrons. The van der Waals surface area contributed by atoms with Crippen LogP contribution in [-0.2, 0) is 34.4 Å². The van der Waals surface area contributed by atoms with Gasteiger partial charge in [-0.15, -0.1) is 0 Å². The molecule has 0 atom stereocenters. The smallest absolute Gasteiger partial charge is 0.321 e. The summed E-state index contributed by atoms with van der Waals surface area (Å²) in [7, 11) is -6.59. The third kappa shape index (κ3) is 7.14. The third-order valence-electron chi connectivity index (χ3n) is 4.94. The maximum Gasteiger partial charge on any atom is 0.321 e. The second-order valence-corrected chi connectivity index (χ2v) is 11.2.